The first-order valence-corrected chi connectivity index (χ1v) is 6.63. The summed E-state index contributed by atoms with van der Waals surface area (Å²) >= 11 is 0. The molecule has 1 N–H and O–H groups in total. The Morgan fingerprint density at radius 2 is 2.18 bits per heavy atom. The Balaban J connectivity index is 2.04. The number of imidazole rings is 1. The Bertz CT molecular complexity index is 885. The van der Waals surface area contributed by atoms with Crippen molar-refractivity contribution < 1.29 is 9.59 Å². The van der Waals surface area contributed by atoms with Crippen molar-refractivity contribution in [2.45, 2.75) is 13.8 Å². The smallest absolute Gasteiger partial charge is 0.222 e. The molecule has 0 aliphatic heterocycles. The van der Waals surface area contributed by atoms with Crippen molar-refractivity contribution >= 4 is 23.7 Å². The molecule has 1 amide bonds. The predicted molar refractivity (Wildman–Crippen MR) is 80.6 cm³/mol. The lowest BCUT2D eigenvalue weighted by Crippen LogP contribution is -2.05. The molecule has 110 valence electrons. The fraction of sp³-hybridized carbons (Fsp3) is 0.133. The average molecular weight is 295 g/mol. The van der Waals surface area contributed by atoms with Crippen LogP contribution in [0.25, 0.3) is 16.9 Å². The highest BCUT2D eigenvalue weighted by molar-refractivity contribution is 5.87. The molecule has 3 aromatic rings. The van der Waals surface area contributed by atoms with Crippen LogP contribution in [0.2, 0.25) is 0 Å². The number of fused-ring (bicyclic) bond motifs is 1. The van der Waals surface area contributed by atoms with Crippen molar-refractivity contribution in [3.63, 3.8) is 0 Å². The molecule has 3 aromatic heterocycles. The molecule has 0 aliphatic carbocycles. The Morgan fingerprint density at radius 3 is 2.91 bits per heavy atom. The molecule has 0 radical (unpaired) electrons. The third-order valence-electron chi connectivity index (χ3n) is 3.17. The summed E-state index contributed by atoms with van der Waals surface area (Å²) in [5.41, 5.74) is 3.22. The summed E-state index contributed by atoms with van der Waals surface area (Å²) in [5.74, 6) is 0.245. The Morgan fingerprint density at radius 1 is 1.36 bits per heavy atom. The zero-order chi connectivity index (χ0) is 15.7. The van der Waals surface area contributed by atoms with Crippen molar-refractivity contribution in [2.24, 2.45) is 0 Å². The van der Waals surface area contributed by atoms with E-state index in [0.29, 0.717) is 28.4 Å². The number of rotatable bonds is 3. The van der Waals surface area contributed by atoms with Crippen molar-refractivity contribution in [2.75, 3.05) is 5.32 Å². The number of aldehydes is 1. The molecule has 0 aromatic carbocycles. The number of anilines is 1. The van der Waals surface area contributed by atoms with Crippen LogP contribution in [0.15, 0.2) is 30.6 Å². The van der Waals surface area contributed by atoms with Gasteiger partial charge in [0.15, 0.2) is 17.8 Å². The highest BCUT2D eigenvalue weighted by Crippen LogP contribution is 2.19. The number of amides is 1. The van der Waals surface area contributed by atoms with Crippen molar-refractivity contribution in [3.05, 3.63) is 41.9 Å². The summed E-state index contributed by atoms with van der Waals surface area (Å²) in [4.78, 5) is 30.5. The van der Waals surface area contributed by atoms with E-state index in [1.165, 1.54) is 6.92 Å². The van der Waals surface area contributed by atoms with E-state index < -0.39 is 0 Å². The Labute approximate surface area is 126 Å². The van der Waals surface area contributed by atoms with Gasteiger partial charge in [0.05, 0.1) is 11.9 Å². The van der Waals surface area contributed by atoms with Gasteiger partial charge in [-0.2, -0.15) is 5.10 Å². The summed E-state index contributed by atoms with van der Waals surface area (Å²) < 4.78 is 1.57. The molecule has 22 heavy (non-hydrogen) atoms. The molecule has 0 aliphatic rings. The molecular formula is C15H13N5O2. The summed E-state index contributed by atoms with van der Waals surface area (Å²) in [5, 5.41) is 7.04. The highest BCUT2D eigenvalue weighted by Gasteiger charge is 2.08. The van der Waals surface area contributed by atoms with Crippen LogP contribution in [0.3, 0.4) is 0 Å². The lowest BCUT2D eigenvalue weighted by molar-refractivity contribution is -0.114. The second-order valence-electron chi connectivity index (χ2n) is 4.85. The Hall–Kier alpha value is -3.09. The predicted octanol–water partition coefficient (Wildman–Crippen LogP) is 1.87. The molecule has 0 bridgehead atoms. The number of nitrogens with one attached hydrogen (secondary N) is 1. The van der Waals surface area contributed by atoms with Gasteiger partial charge in [-0.15, -0.1) is 0 Å². The first-order valence-electron chi connectivity index (χ1n) is 6.63. The fourth-order valence-electron chi connectivity index (χ4n) is 2.09. The summed E-state index contributed by atoms with van der Waals surface area (Å²) in [6, 6.07) is 5.32. The molecule has 0 saturated carbocycles. The van der Waals surface area contributed by atoms with Gasteiger partial charge < -0.3 is 5.32 Å². The minimum atomic E-state index is -0.193. The van der Waals surface area contributed by atoms with Gasteiger partial charge in [0.2, 0.25) is 5.91 Å². The summed E-state index contributed by atoms with van der Waals surface area (Å²) in [7, 11) is 0. The van der Waals surface area contributed by atoms with E-state index in [0.717, 1.165) is 11.8 Å². The van der Waals surface area contributed by atoms with Crippen molar-refractivity contribution in [1.29, 1.82) is 0 Å². The van der Waals surface area contributed by atoms with E-state index >= 15 is 0 Å². The van der Waals surface area contributed by atoms with Crippen LogP contribution in [-0.4, -0.2) is 31.8 Å². The number of nitrogens with zero attached hydrogens (tertiary/aromatic N) is 4. The van der Waals surface area contributed by atoms with Gasteiger partial charge in [0.25, 0.3) is 0 Å². The van der Waals surface area contributed by atoms with Crippen LogP contribution >= 0.6 is 0 Å². The van der Waals surface area contributed by atoms with E-state index in [9.17, 15) is 9.59 Å². The van der Waals surface area contributed by atoms with Gasteiger partial charge >= 0.3 is 0 Å². The number of carbonyl (C=O) groups excluding carboxylic acids is 2. The van der Waals surface area contributed by atoms with Crippen molar-refractivity contribution in [1.82, 2.24) is 19.6 Å². The number of hydrogen-bond acceptors (Lipinski definition) is 5. The minimum absolute atomic E-state index is 0.193. The SMILES string of the molecule is CC(=O)Nc1cn2nc(-c3cnc(C)c(C=O)c3)ccc2n1. The topological polar surface area (TPSA) is 89.3 Å². The molecule has 0 saturated heterocycles. The standard InChI is InChI=1S/C15H13N5O2/c1-9-12(8-21)5-11(6-16-9)13-3-4-15-18-14(17-10(2)22)7-20(15)19-13/h3-8H,1-2H3,(H,17,22). The quantitative estimate of drug-likeness (QED) is 0.745. The largest absolute Gasteiger partial charge is 0.310 e. The van der Waals surface area contributed by atoms with Gasteiger partial charge in [-0.25, -0.2) is 9.50 Å². The van der Waals surface area contributed by atoms with Crippen LogP contribution in [0.5, 0.6) is 0 Å². The maximum absolute atomic E-state index is 11.1. The minimum Gasteiger partial charge on any atom is -0.310 e. The number of carbonyl (C=O) groups is 2. The van der Waals surface area contributed by atoms with Crippen LogP contribution in [0, 0.1) is 6.92 Å². The van der Waals surface area contributed by atoms with Gasteiger partial charge in [-0.05, 0) is 25.1 Å². The van der Waals surface area contributed by atoms with Gasteiger partial charge in [-0.3, -0.25) is 14.6 Å². The lowest BCUT2D eigenvalue weighted by Gasteiger charge is -2.03. The van der Waals surface area contributed by atoms with E-state index in [1.807, 2.05) is 0 Å². The molecule has 3 heterocycles. The average Bonchev–Trinajstić information content (AvgIpc) is 2.88. The molecule has 0 unspecified atom stereocenters. The zero-order valence-electron chi connectivity index (χ0n) is 12.1. The van der Waals surface area contributed by atoms with Crippen LogP contribution in [0.1, 0.15) is 23.0 Å². The highest BCUT2D eigenvalue weighted by atomic mass is 16.1. The first-order chi connectivity index (χ1) is 10.6. The van der Waals surface area contributed by atoms with Crippen LogP contribution in [-0.2, 0) is 4.79 Å². The second kappa shape index (κ2) is 5.36. The van der Waals surface area contributed by atoms with E-state index in [4.69, 9.17) is 0 Å². The van der Waals surface area contributed by atoms with Crippen LogP contribution in [0.4, 0.5) is 5.82 Å². The number of pyridine rings is 1. The van der Waals surface area contributed by atoms with Crippen LogP contribution < -0.4 is 5.32 Å². The molecule has 7 nitrogen and oxygen atoms in total. The van der Waals surface area contributed by atoms with E-state index in [2.05, 4.69) is 20.4 Å². The third kappa shape index (κ3) is 2.56. The lowest BCUT2D eigenvalue weighted by atomic mass is 10.1. The molecule has 0 fully saturated rings. The molecular weight excluding hydrogens is 282 g/mol. The third-order valence-corrected chi connectivity index (χ3v) is 3.17. The summed E-state index contributed by atoms with van der Waals surface area (Å²) in [6.45, 7) is 3.20. The number of hydrogen-bond donors (Lipinski definition) is 1. The van der Waals surface area contributed by atoms with E-state index in [-0.39, 0.29) is 5.91 Å². The number of aromatic nitrogens is 4. The first kappa shape index (κ1) is 13.9. The van der Waals surface area contributed by atoms with Gasteiger partial charge in [0, 0.05) is 29.9 Å². The van der Waals surface area contributed by atoms with E-state index in [1.54, 1.807) is 42.0 Å². The molecule has 0 spiro atoms. The maximum atomic E-state index is 11.1. The zero-order valence-corrected chi connectivity index (χ0v) is 12.1. The molecule has 0 atom stereocenters. The second-order valence-corrected chi connectivity index (χ2v) is 4.85. The fourth-order valence-corrected chi connectivity index (χ4v) is 2.09. The number of aryl methyl sites for hydroxylation is 1. The van der Waals surface area contributed by atoms with Gasteiger partial charge in [0.1, 0.15) is 0 Å². The van der Waals surface area contributed by atoms with Gasteiger partial charge in [-0.1, -0.05) is 0 Å². The normalized spacial score (nSPS) is 10.6. The molecule has 3 rings (SSSR count). The summed E-state index contributed by atoms with van der Waals surface area (Å²) in [6.07, 6.45) is 4.07. The Kier molecular flexibility index (Phi) is 3.38. The molecule has 7 heteroatoms. The maximum Gasteiger partial charge on any atom is 0.222 e. The monoisotopic (exact) mass is 295 g/mol. The van der Waals surface area contributed by atoms with Crippen molar-refractivity contribution in [3.8, 4) is 11.3 Å².